The summed E-state index contributed by atoms with van der Waals surface area (Å²) < 4.78 is 34.7. The third-order valence-electron chi connectivity index (χ3n) is 14.5. The van der Waals surface area contributed by atoms with E-state index < -0.39 is 26.5 Å². The van der Waals surface area contributed by atoms with Crippen molar-refractivity contribution in [3.8, 4) is 0 Å². The quantitative estimate of drug-likeness (QED) is 0.0211. The van der Waals surface area contributed by atoms with Crippen molar-refractivity contribution < 1.29 is 42.1 Å². The molecule has 0 heterocycles. The molecule has 0 amide bonds. The molecule has 0 radical (unpaired) electrons. The van der Waals surface area contributed by atoms with Crippen molar-refractivity contribution in [3.63, 3.8) is 0 Å². The summed E-state index contributed by atoms with van der Waals surface area (Å²) in [6.07, 6.45) is 91.5. The molecule has 0 rings (SSSR count). The largest absolute Gasteiger partial charge is 0.472 e. The molecule has 482 valence electrons. The van der Waals surface area contributed by atoms with Gasteiger partial charge < -0.3 is 18.9 Å². The lowest BCUT2D eigenvalue weighted by atomic mass is 10.0. The first-order chi connectivity index (χ1) is 41.0. The predicted octanol–water partition coefficient (Wildman–Crippen LogP) is 22.3. The van der Waals surface area contributed by atoms with Gasteiger partial charge in [0.25, 0.3) is 0 Å². The summed E-state index contributed by atoms with van der Waals surface area (Å²) >= 11 is 0. The van der Waals surface area contributed by atoms with Crippen LogP contribution in [0.15, 0.2) is 122 Å². The molecule has 84 heavy (non-hydrogen) atoms. The van der Waals surface area contributed by atoms with Gasteiger partial charge in [-0.2, -0.15) is 0 Å². The number of hydrogen-bond acceptors (Lipinski definition) is 7. The van der Waals surface area contributed by atoms with Gasteiger partial charge in [0.05, 0.1) is 27.7 Å². The third kappa shape index (κ3) is 67.5. The minimum atomic E-state index is -4.40. The molecule has 0 aliphatic carbocycles. The van der Waals surface area contributed by atoms with Crippen molar-refractivity contribution in [2.45, 2.75) is 290 Å². The smallest absolute Gasteiger partial charge is 0.462 e. The number of esters is 2. The zero-order chi connectivity index (χ0) is 61.2. The molecule has 0 fully saturated rings. The Bertz CT molecular complexity index is 1830. The molecule has 2 atom stereocenters. The number of nitrogens with zero attached hydrogens (tertiary/aromatic N) is 1. The normalized spacial score (nSPS) is 13.9. The Kier molecular flexibility index (Phi) is 61.2. The first-order valence-corrected chi connectivity index (χ1v) is 35.8. The van der Waals surface area contributed by atoms with Crippen molar-refractivity contribution in [1.29, 1.82) is 0 Å². The van der Waals surface area contributed by atoms with Crippen LogP contribution in [0.25, 0.3) is 0 Å². The van der Waals surface area contributed by atoms with Gasteiger partial charge in [0, 0.05) is 12.8 Å². The van der Waals surface area contributed by atoms with Gasteiger partial charge in [-0.1, -0.05) is 283 Å². The molecule has 0 aromatic carbocycles. The number of ether oxygens (including phenoxy) is 2. The highest BCUT2D eigenvalue weighted by molar-refractivity contribution is 7.47. The molecule has 9 nitrogen and oxygen atoms in total. The molecule has 0 saturated carbocycles. The SMILES string of the molecule is CC/C=C\C/C=C\C/C=C\C/C=C\C/C=C\C/C=C\C/C=C\C/C=C\CCCCCCCCCCCCCCCCC(=O)OC(COC(=O)CCCCCCCCCCC/C=C\C/C=C\CCCCCCC)COP(=O)(O)OCC[N+](C)(C)C. The van der Waals surface area contributed by atoms with Crippen LogP contribution in [-0.4, -0.2) is 74.9 Å². The molecule has 2 unspecified atom stereocenters. The second-order valence-corrected chi connectivity index (χ2v) is 25.3. The molecular weight excluding hydrogens is 1060 g/mol. The van der Waals surface area contributed by atoms with E-state index in [4.69, 9.17) is 18.5 Å². The second-order valence-electron chi connectivity index (χ2n) is 23.8. The number of rotatable bonds is 62. The third-order valence-corrected chi connectivity index (χ3v) is 15.5. The zero-order valence-corrected chi connectivity index (χ0v) is 55.7. The standard InChI is InChI=1S/C74H128NO8P/c1-6-8-10-12-14-16-18-20-22-24-26-28-29-30-31-32-33-34-35-36-37-38-39-40-41-42-43-44-45-47-49-51-53-55-57-59-61-63-65-67-74(77)83-72(71-82-84(78,79)81-69-68-75(3,4)5)70-80-73(76)66-64-62-60-58-56-54-52-50-48-46-27-25-23-21-19-17-15-13-11-9-7-2/h8,10,14,16,19-22,25-28,30-31,33-34,36-37,39-40,72H,6-7,9,11-13,15,17-18,23-24,29,32,35,38,41-71H2,1-5H3/p+1/b10-8-,16-14-,21-19-,22-20-,27-25-,28-26-,31-30-,34-33-,37-36-,40-39-. The fourth-order valence-corrected chi connectivity index (χ4v) is 9.98. The van der Waals surface area contributed by atoms with E-state index in [0.29, 0.717) is 17.4 Å². The van der Waals surface area contributed by atoms with Crippen molar-refractivity contribution in [2.24, 2.45) is 0 Å². The maximum Gasteiger partial charge on any atom is 0.472 e. The first kappa shape index (κ1) is 80.4. The predicted molar refractivity (Wildman–Crippen MR) is 362 cm³/mol. The molecule has 0 aliphatic rings. The van der Waals surface area contributed by atoms with Crippen LogP contribution >= 0.6 is 7.82 Å². The topological polar surface area (TPSA) is 108 Å². The first-order valence-electron chi connectivity index (χ1n) is 34.3. The number of carbonyl (C=O) groups is 2. The van der Waals surface area contributed by atoms with Crippen LogP contribution in [0.5, 0.6) is 0 Å². The van der Waals surface area contributed by atoms with Crippen molar-refractivity contribution >= 4 is 19.8 Å². The summed E-state index contributed by atoms with van der Waals surface area (Å²) in [5.74, 6) is -0.801. The fraction of sp³-hybridized carbons (Fsp3) is 0.703. The lowest BCUT2D eigenvalue weighted by Gasteiger charge is -2.24. The number of unbranched alkanes of at least 4 members (excludes halogenated alkanes) is 28. The zero-order valence-electron chi connectivity index (χ0n) is 54.9. The minimum absolute atomic E-state index is 0.0269. The maximum absolute atomic E-state index is 12.9. The van der Waals surface area contributed by atoms with E-state index in [1.165, 1.54) is 154 Å². The molecule has 10 heteroatoms. The summed E-state index contributed by atoms with van der Waals surface area (Å²) in [6, 6.07) is 0. The number of phosphoric ester groups is 1. The summed E-state index contributed by atoms with van der Waals surface area (Å²) in [5, 5.41) is 0. The van der Waals surface area contributed by atoms with Crippen LogP contribution < -0.4 is 0 Å². The van der Waals surface area contributed by atoms with E-state index in [9.17, 15) is 19.0 Å². The Labute approximate surface area is 518 Å². The lowest BCUT2D eigenvalue weighted by Crippen LogP contribution is -2.37. The Balaban J connectivity index is 4.05. The van der Waals surface area contributed by atoms with E-state index in [0.717, 1.165) is 96.3 Å². The fourth-order valence-electron chi connectivity index (χ4n) is 9.24. The molecular formula is C74H129NO8P+. The molecule has 0 aromatic heterocycles. The maximum atomic E-state index is 12.9. The van der Waals surface area contributed by atoms with Crippen molar-refractivity contribution in [3.05, 3.63) is 122 Å². The van der Waals surface area contributed by atoms with Crippen LogP contribution in [0.2, 0.25) is 0 Å². The Hall–Kier alpha value is -3.59. The monoisotopic (exact) mass is 1190 g/mol. The molecule has 1 N–H and O–H groups in total. The Morgan fingerprint density at radius 2 is 0.679 bits per heavy atom. The van der Waals surface area contributed by atoms with Gasteiger partial charge in [0.1, 0.15) is 19.8 Å². The molecule has 0 spiro atoms. The highest BCUT2D eigenvalue weighted by Gasteiger charge is 2.27. The average molecular weight is 1190 g/mol. The van der Waals surface area contributed by atoms with Crippen LogP contribution in [0, 0.1) is 0 Å². The Morgan fingerprint density at radius 1 is 0.381 bits per heavy atom. The van der Waals surface area contributed by atoms with Crippen molar-refractivity contribution in [1.82, 2.24) is 0 Å². The number of hydrogen-bond donors (Lipinski definition) is 1. The number of quaternary nitrogens is 1. The van der Waals surface area contributed by atoms with Crippen LogP contribution in [0.1, 0.15) is 284 Å². The molecule has 0 saturated heterocycles. The van der Waals surface area contributed by atoms with E-state index in [2.05, 4.69) is 135 Å². The number of phosphoric acid groups is 1. The number of likely N-dealkylation sites (N-methyl/N-ethyl adjacent to an activating group) is 1. The molecule has 0 aromatic rings. The van der Waals surface area contributed by atoms with E-state index in [1.54, 1.807) is 0 Å². The highest BCUT2D eigenvalue weighted by atomic mass is 31.2. The van der Waals surface area contributed by atoms with Gasteiger partial charge in [-0.15, -0.1) is 0 Å². The number of carbonyl (C=O) groups excluding carboxylic acids is 2. The van der Waals surface area contributed by atoms with E-state index >= 15 is 0 Å². The number of allylic oxidation sites excluding steroid dienone is 20. The van der Waals surface area contributed by atoms with E-state index in [-0.39, 0.29) is 32.0 Å². The van der Waals surface area contributed by atoms with Gasteiger partial charge in [-0.05, 0) is 109 Å². The minimum Gasteiger partial charge on any atom is -0.462 e. The molecule has 0 aliphatic heterocycles. The van der Waals surface area contributed by atoms with Crippen LogP contribution in [0.4, 0.5) is 0 Å². The summed E-state index contributed by atoms with van der Waals surface area (Å²) in [7, 11) is 1.47. The Morgan fingerprint density at radius 3 is 1.01 bits per heavy atom. The summed E-state index contributed by atoms with van der Waals surface area (Å²) in [5.41, 5.74) is 0. The average Bonchev–Trinajstić information content (AvgIpc) is 3.61. The van der Waals surface area contributed by atoms with Gasteiger partial charge >= 0.3 is 19.8 Å². The second kappa shape index (κ2) is 63.9. The van der Waals surface area contributed by atoms with Gasteiger partial charge in [-0.25, -0.2) is 4.57 Å². The highest BCUT2D eigenvalue weighted by Crippen LogP contribution is 2.43. The van der Waals surface area contributed by atoms with Crippen molar-refractivity contribution in [2.75, 3.05) is 47.5 Å². The van der Waals surface area contributed by atoms with Crippen LogP contribution in [-0.2, 0) is 32.7 Å². The van der Waals surface area contributed by atoms with Crippen LogP contribution in [0.3, 0.4) is 0 Å². The van der Waals surface area contributed by atoms with Gasteiger partial charge in [0.15, 0.2) is 6.10 Å². The van der Waals surface area contributed by atoms with E-state index in [1.807, 2.05) is 21.1 Å². The summed E-state index contributed by atoms with van der Waals surface area (Å²) in [4.78, 5) is 35.8. The van der Waals surface area contributed by atoms with Gasteiger partial charge in [0.2, 0.25) is 0 Å². The summed E-state index contributed by atoms with van der Waals surface area (Å²) in [6.45, 7) is 4.32. The molecule has 0 bridgehead atoms. The lowest BCUT2D eigenvalue weighted by molar-refractivity contribution is -0.870. The van der Waals surface area contributed by atoms with Gasteiger partial charge in [-0.3, -0.25) is 18.6 Å².